The lowest BCUT2D eigenvalue weighted by Crippen LogP contribution is -2.11. The Morgan fingerprint density at radius 1 is 0.933 bits per heavy atom. The molecule has 0 atom stereocenters. The van der Waals surface area contributed by atoms with Gasteiger partial charge in [0.1, 0.15) is 5.52 Å². The van der Waals surface area contributed by atoms with E-state index in [1.54, 1.807) is 0 Å². The second-order valence-electron chi connectivity index (χ2n) is 6.84. The standard InChI is InChI=1S/C24H14BrIN2O2/c25-20-9-7-17(26)12-19(20)24-28-21-13-18(8-10-22(21)30-24)27-23(29)16-6-5-14-3-1-2-4-15(14)11-16/h1-13H,(H,27,29). The molecule has 1 aromatic heterocycles. The number of benzene rings is 4. The number of oxazole rings is 1. The highest BCUT2D eigenvalue weighted by Crippen LogP contribution is 2.32. The van der Waals surface area contributed by atoms with Crippen LogP contribution in [0, 0.1) is 3.57 Å². The number of aromatic nitrogens is 1. The zero-order valence-corrected chi connectivity index (χ0v) is 19.3. The second-order valence-corrected chi connectivity index (χ2v) is 8.94. The van der Waals surface area contributed by atoms with Gasteiger partial charge in [0.2, 0.25) is 5.89 Å². The van der Waals surface area contributed by atoms with Gasteiger partial charge in [-0.15, -0.1) is 0 Å². The van der Waals surface area contributed by atoms with Gasteiger partial charge in [-0.25, -0.2) is 4.98 Å². The van der Waals surface area contributed by atoms with E-state index in [9.17, 15) is 4.79 Å². The number of amides is 1. The van der Waals surface area contributed by atoms with Gasteiger partial charge in [-0.05, 0) is 97.8 Å². The van der Waals surface area contributed by atoms with Crippen LogP contribution in [0.5, 0.6) is 0 Å². The minimum absolute atomic E-state index is 0.163. The molecule has 0 saturated heterocycles. The molecule has 1 heterocycles. The van der Waals surface area contributed by atoms with Gasteiger partial charge in [0.25, 0.3) is 5.91 Å². The Hall–Kier alpha value is -2.71. The molecule has 146 valence electrons. The van der Waals surface area contributed by atoms with Crippen molar-refractivity contribution < 1.29 is 9.21 Å². The maximum atomic E-state index is 12.7. The number of nitrogens with one attached hydrogen (secondary N) is 1. The first-order valence-electron chi connectivity index (χ1n) is 9.23. The van der Waals surface area contributed by atoms with Crippen molar-refractivity contribution in [1.29, 1.82) is 0 Å². The van der Waals surface area contributed by atoms with Crippen LogP contribution in [0.4, 0.5) is 5.69 Å². The number of carbonyl (C=O) groups is 1. The Balaban J connectivity index is 1.44. The lowest BCUT2D eigenvalue weighted by molar-refractivity contribution is 0.102. The SMILES string of the molecule is O=C(Nc1ccc2oc(-c3cc(I)ccc3Br)nc2c1)c1ccc2ccccc2c1. The van der Waals surface area contributed by atoms with Gasteiger partial charge in [0, 0.05) is 19.3 Å². The Labute approximate surface area is 194 Å². The van der Waals surface area contributed by atoms with E-state index in [1.807, 2.05) is 78.9 Å². The van der Waals surface area contributed by atoms with E-state index in [0.717, 1.165) is 24.4 Å². The lowest BCUT2D eigenvalue weighted by atomic mass is 10.1. The normalized spacial score (nSPS) is 11.1. The molecule has 6 heteroatoms. The lowest BCUT2D eigenvalue weighted by Gasteiger charge is -2.06. The highest BCUT2D eigenvalue weighted by atomic mass is 127. The van der Waals surface area contributed by atoms with Gasteiger partial charge in [-0.2, -0.15) is 0 Å². The molecule has 0 aliphatic rings. The Morgan fingerprint density at radius 3 is 2.63 bits per heavy atom. The molecule has 1 N–H and O–H groups in total. The second kappa shape index (κ2) is 7.85. The van der Waals surface area contributed by atoms with E-state index >= 15 is 0 Å². The van der Waals surface area contributed by atoms with Crippen molar-refractivity contribution >= 4 is 72.0 Å². The molecule has 0 fully saturated rings. The summed E-state index contributed by atoms with van der Waals surface area (Å²) < 4.78 is 7.94. The number of anilines is 1. The van der Waals surface area contributed by atoms with Crippen molar-refractivity contribution in [1.82, 2.24) is 4.98 Å². The van der Waals surface area contributed by atoms with E-state index in [2.05, 4.69) is 48.8 Å². The number of hydrogen-bond donors (Lipinski definition) is 1. The van der Waals surface area contributed by atoms with Gasteiger partial charge >= 0.3 is 0 Å². The molecule has 0 saturated carbocycles. The van der Waals surface area contributed by atoms with Crippen LogP contribution in [0.15, 0.2) is 87.8 Å². The van der Waals surface area contributed by atoms with Crippen LogP contribution in [0.3, 0.4) is 0 Å². The van der Waals surface area contributed by atoms with Crippen molar-refractivity contribution in [3.63, 3.8) is 0 Å². The first-order chi connectivity index (χ1) is 14.6. The fourth-order valence-electron chi connectivity index (χ4n) is 3.32. The number of carbonyl (C=O) groups excluding carboxylic acids is 1. The van der Waals surface area contributed by atoms with Crippen LogP contribution in [-0.4, -0.2) is 10.9 Å². The average molecular weight is 569 g/mol. The van der Waals surface area contributed by atoms with Crippen LogP contribution in [0.1, 0.15) is 10.4 Å². The molecule has 1 amide bonds. The third-order valence-corrected chi connectivity index (χ3v) is 6.18. The molecule has 0 spiro atoms. The summed E-state index contributed by atoms with van der Waals surface area (Å²) >= 11 is 5.81. The predicted molar refractivity (Wildman–Crippen MR) is 132 cm³/mol. The summed E-state index contributed by atoms with van der Waals surface area (Å²) in [5.41, 5.74) is 3.52. The van der Waals surface area contributed by atoms with E-state index in [0.29, 0.717) is 28.2 Å². The number of rotatable bonds is 3. The molecular formula is C24H14BrIN2O2. The van der Waals surface area contributed by atoms with E-state index in [4.69, 9.17) is 4.42 Å². The summed E-state index contributed by atoms with van der Waals surface area (Å²) in [7, 11) is 0. The quantitative estimate of drug-likeness (QED) is 0.233. The van der Waals surface area contributed by atoms with E-state index in [-0.39, 0.29) is 5.91 Å². The minimum atomic E-state index is -0.163. The molecule has 4 nitrogen and oxygen atoms in total. The van der Waals surface area contributed by atoms with E-state index < -0.39 is 0 Å². The van der Waals surface area contributed by atoms with Gasteiger partial charge in [-0.3, -0.25) is 4.79 Å². The number of fused-ring (bicyclic) bond motifs is 2. The van der Waals surface area contributed by atoms with Gasteiger partial charge in [0.05, 0.1) is 5.56 Å². The highest BCUT2D eigenvalue weighted by molar-refractivity contribution is 14.1. The zero-order chi connectivity index (χ0) is 20.7. The summed E-state index contributed by atoms with van der Waals surface area (Å²) in [5.74, 6) is 0.373. The fourth-order valence-corrected chi connectivity index (χ4v) is 4.22. The average Bonchev–Trinajstić information content (AvgIpc) is 3.18. The van der Waals surface area contributed by atoms with Crippen molar-refractivity contribution in [3.8, 4) is 11.5 Å². The van der Waals surface area contributed by atoms with Crippen LogP contribution in [-0.2, 0) is 0 Å². The highest BCUT2D eigenvalue weighted by Gasteiger charge is 2.13. The van der Waals surface area contributed by atoms with Crippen molar-refractivity contribution in [2.24, 2.45) is 0 Å². The van der Waals surface area contributed by atoms with Crippen LogP contribution < -0.4 is 5.32 Å². The Morgan fingerprint density at radius 2 is 1.77 bits per heavy atom. The Kier molecular flexibility index (Phi) is 5.04. The predicted octanol–water partition coefficient (Wildman–Crippen LogP) is 7.27. The number of hydrogen-bond acceptors (Lipinski definition) is 3. The summed E-state index contributed by atoms with van der Waals surface area (Å²) in [6.07, 6.45) is 0. The van der Waals surface area contributed by atoms with Crippen molar-refractivity contribution in [2.45, 2.75) is 0 Å². The Bertz CT molecular complexity index is 1430. The molecular weight excluding hydrogens is 555 g/mol. The summed E-state index contributed by atoms with van der Waals surface area (Å²) in [4.78, 5) is 17.4. The minimum Gasteiger partial charge on any atom is -0.436 e. The summed E-state index contributed by atoms with van der Waals surface area (Å²) in [5, 5.41) is 5.09. The molecule has 4 aromatic carbocycles. The monoisotopic (exact) mass is 568 g/mol. The molecule has 5 aromatic rings. The van der Waals surface area contributed by atoms with Gasteiger partial charge in [0.15, 0.2) is 5.58 Å². The number of halogens is 2. The summed E-state index contributed by atoms with van der Waals surface area (Å²) in [6, 6.07) is 25.1. The fraction of sp³-hybridized carbons (Fsp3) is 0. The molecule has 0 bridgehead atoms. The third kappa shape index (κ3) is 3.73. The van der Waals surface area contributed by atoms with Crippen LogP contribution in [0.2, 0.25) is 0 Å². The van der Waals surface area contributed by atoms with Crippen LogP contribution in [0.25, 0.3) is 33.3 Å². The summed E-state index contributed by atoms with van der Waals surface area (Å²) in [6.45, 7) is 0. The molecule has 0 unspecified atom stereocenters. The first-order valence-corrected chi connectivity index (χ1v) is 11.1. The van der Waals surface area contributed by atoms with Gasteiger partial charge < -0.3 is 9.73 Å². The zero-order valence-electron chi connectivity index (χ0n) is 15.5. The number of nitrogens with zero attached hydrogens (tertiary/aromatic N) is 1. The molecule has 0 aliphatic heterocycles. The molecule has 30 heavy (non-hydrogen) atoms. The molecule has 0 radical (unpaired) electrons. The molecule has 0 aliphatic carbocycles. The first kappa shape index (κ1) is 19.3. The van der Waals surface area contributed by atoms with Crippen LogP contribution >= 0.6 is 38.5 Å². The maximum absolute atomic E-state index is 12.7. The topological polar surface area (TPSA) is 55.1 Å². The van der Waals surface area contributed by atoms with E-state index in [1.165, 1.54) is 0 Å². The molecule has 5 rings (SSSR count). The third-order valence-electron chi connectivity index (χ3n) is 4.82. The van der Waals surface area contributed by atoms with Crippen molar-refractivity contribution in [2.75, 3.05) is 5.32 Å². The largest absolute Gasteiger partial charge is 0.436 e. The smallest absolute Gasteiger partial charge is 0.255 e. The van der Waals surface area contributed by atoms with Gasteiger partial charge in [-0.1, -0.05) is 30.3 Å². The van der Waals surface area contributed by atoms with Crippen molar-refractivity contribution in [3.05, 3.63) is 92.5 Å². The maximum Gasteiger partial charge on any atom is 0.255 e.